The molecule has 0 N–H and O–H groups in total. The van der Waals surface area contributed by atoms with E-state index in [4.69, 9.17) is 0 Å². The van der Waals surface area contributed by atoms with Crippen LogP contribution < -0.4 is 0 Å². The van der Waals surface area contributed by atoms with E-state index in [1.165, 1.54) is 6.08 Å². The van der Waals surface area contributed by atoms with Crippen LogP contribution in [-0.2, 0) is 32.7 Å². The van der Waals surface area contributed by atoms with Gasteiger partial charge in [-0.05, 0) is 6.08 Å². The summed E-state index contributed by atoms with van der Waals surface area (Å²) >= 11 is 0. The van der Waals surface area contributed by atoms with Gasteiger partial charge in [0.05, 0.1) is 4.92 Å². The third kappa shape index (κ3) is 4.36. The van der Waals surface area contributed by atoms with Crippen LogP contribution in [0.25, 0.3) is 6.08 Å². The van der Waals surface area contributed by atoms with E-state index < -0.39 is 4.92 Å². The van der Waals surface area contributed by atoms with E-state index in [1.807, 2.05) is 0 Å². The van der Waals surface area contributed by atoms with E-state index in [1.54, 1.807) is 24.3 Å². The summed E-state index contributed by atoms with van der Waals surface area (Å²) in [7, 11) is 0. The molecule has 59 valence electrons. The Morgan fingerprint density at radius 1 is 1.42 bits per heavy atom. The third-order valence-electron chi connectivity index (χ3n) is 1.13. The standard InChI is InChI=1S/C8H6NO2.Y/c10-9(11)7-6-8-4-2-1-3-5-8;/h2-7H;/q-1;/b7-6+;. The van der Waals surface area contributed by atoms with E-state index in [2.05, 4.69) is 6.07 Å². The summed E-state index contributed by atoms with van der Waals surface area (Å²) in [6.45, 7) is 0. The van der Waals surface area contributed by atoms with Gasteiger partial charge in [-0.1, -0.05) is 0 Å². The molecule has 0 unspecified atom stereocenters. The maximum Gasteiger partial charge on any atom is 0.232 e. The van der Waals surface area contributed by atoms with Gasteiger partial charge in [0.25, 0.3) is 0 Å². The van der Waals surface area contributed by atoms with Crippen molar-refractivity contribution >= 4 is 6.08 Å². The van der Waals surface area contributed by atoms with Crippen molar-refractivity contribution in [3.05, 3.63) is 52.2 Å². The molecule has 3 nitrogen and oxygen atoms in total. The molecule has 0 aliphatic carbocycles. The second kappa shape index (κ2) is 6.03. The fourth-order valence-corrected chi connectivity index (χ4v) is 0.658. The van der Waals surface area contributed by atoms with E-state index >= 15 is 0 Å². The maximum absolute atomic E-state index is 9.88. The van der Waals surface area contributed by atoms with Gasteiger partial charge in [-0.15, -0.1) is 5.56 Å². The molecule has 0 saturated carbocycles. The van der Waals surface area contributed by atoms with Crippen molar-refractivity contribution < 1.29 is 37.6 Å². The number of benzene rings is 1. The first-order valence-corrected chi connectivity index (χ1v) is 3.07. The van der Waals surface area contributed by atoms with Crippen LogP contribution in [0.5, 0.6) is 0 Å². The number of hydrogen-bond acceptors (Lipinski definition) is 2. The quantitative estimate of drug-likeness (QED) is 0.446. The van der Waals surface area contributed by atoms with Gasteiger partial charge in [0.15, 0.2) is 0 Å². The Morgan fingerprint density at radius 3 is 2.50 bits per heavy atom. The van der Waals surface area contributed by atoms with Gasteiger partial charge in [0.1, 0.15) is 0 Å². The van der Waals surface area contributed by atoms with Crippen LogP contribution in [0.15, 0.2) is 30.5 Å². The minimum absolute atomic E-state index is 0. The molecule has 0 aliphatic heterocycles. The van der Waals surface area contributed by atoms with E-state index in [9.17, 15) is 10.1 Å². The van der Waals surface area contributed by atoms with Crippen LogP contribution >= 0.6 is 0 Å². The molecule has 0 heterocycles. The summed E-state index contributed by atoms with van der Waals surface area (Å²) in [6.07, 6.45) is 2.35. The Morgan fingerprint density at radius 2 is 2.00 bits per heavy atom. The number of rotatable bonds is 2. The van der Waals surface area contributed by atoms with E-state index in [-0.39, 0.29) is 32.7 Å². The van der Waals surface area contributed by atoms with Crippen molar-refractivity contribution in [1.29, 1.82) is 0 Å². The first-order valence-electron chi connectivity index (χ1n) is 3.07. The van der Waals surface area contributed by atoms with E-state index in [0.717, 1.165) is 11.8 Å². The molecule has 12 heavy (non-hydrogen) atoms. The molecule has 1 aromatic carbocycles. The zero-order valence-electron chi connectivity index (χ0n) is 6.31. The largest absolute Gasteiger partial charge is 0.259 e. The topological polar surface area (TPSA) is 43.1 Å². The van der Waals surface area contributed by atoms with Crippen LogP contribution in [0.2, 0.25) is 0 Å². The molecule has 1 radical (unpaired) electrons. The van der Waals surface area contributed by atoms with Gasteiger partial charge in [0.2, 0.25) is 6.20 Å². The normalized spacial score (nSPS) is 9.33. The molecule has 0 amide bonds. The van der Waals surface area contributed by atoms with Gasteiger partial charge in [0, 0.05) is 32.7 Å². The summed E-state index contributed by atoms with van der Waals surface area (Å²) in [4.78, 5) is 9.39. The van der Waals surface area contributed by atoms with Crippen LogP contribution in [-0.4, -0.2) is 4.92 Å². The molecule has 0 saturated heterocycles. The van der Waals surface area contributed by atoms with Gasteiger partial charge in [-0.25, -0.2) is 0 Å². The number of hydrogen-bond donors (Lipinski definition) is 0. The molecular weight excluding hydrogens is 231 g/mol. The van der Waals surface area contributed by atoms with Crippen LogP contribution in [0.1, 0.15) is 5.56 Å². The molecule has 1 aromatic rings. The molecule has 0 aromatic heterocycles. The molecular formula is C8H6NO2Y-. The minimum Gasteiger partial charge on any atom is -0.259 e. The van der Waals surface area contributed by atoms with Crippen molar-refractivity contribution in [1.82, 2.24) is 0 Å². The van der Waals surface area contributed by atoms with Gasteiger partial charge in [-0.2, -0.15) is 30.3 Å². The predicted molar refractivity (Wildman–Crippen MR) is 41.3 cm³/mol. The van der Waals surface area contributed by atoms with Crippen LogP contribution in [0.4, 0.5) is 0 Å². The number of nitrogens with zero attached hydrogens (tertiary/aromatic N) is 1. The van der Waals surface area contributed by atoms with Crippen molar-refractivity contribution in [3.8, 4) is 0 Å². The van der Waals surface area contributed by atoms with Crippen molar-refractivity contribution in [2.75, 3.05) is 0 Å². The molecule has 0 bridgehead atoms. The molecule has 1 rings (SSSR count). The summed E-state index contributed by atoms with van der Waals surface area (Å²) in [5.74, 6) is 0. The van der Waals surface area contributed by atoms with Crippen molar-refractivity contribution in [2.24, 2.45) is 0 Å². The monoisotopic (exact) mass is 237 g/mol. The van der Waals surface area contributed by atoms with Gasteiger partial charge < -0.3 is 0 Å². The second-order valence-electron chi connectivity index (χ2n) is 1.93. The SMILES string of the molecule is O=[N+]([O-])/C=C/c1cc[c-]cc1.[Y]. The average Bonchev–Trinajstić information content (AvgIpc) is 2.03. The fraction of sp³-hybridized carbons (Fsp3) is 0. The predicted octanol–water partition coefficient (Wildman–Crippen LogP) is 1.73. The summed E-state index contributed by atoms with van der Waals surface area (Å²) in [5, 5.41) is 9.88. The Labute approximate surface area is 95.5 Å². The fourth-order valence-electron chi connectivity index (χ4n) is 0.658. The third-order valence-corrected chi connectivity index (χ3v) is 1.13. The zero-order chi connectivity index (χ0) is 8.10. The van der Waals surface area contributed by atoms with Gasteiger partial charge in [-0.3, -0.25) is 10.1 Å². The Bertz CT molecular complexity index is 272. The molecule has 0 fully saturated rings. The second-order valence-corrected chi connectivity index (χ2v) is 1.93. The zero-order valence-corrected chi connectivity index (χ0v) is 9.14. The van der Waals surface area contributed by atoms with Gasteiger partial charge >= 0.3 is 0 Å². The molecule has 0 aliphatic rings. The van der Waals surface area contributed by atoms with Crippen LogP contribution in [0, 0.1) is 16.2 Å². The van der Waals surface area contributed by atoms with Crippen molar-refractivity contribution in [2.45, 2.75) is 0 Å². The summed E-state index contributed by atoms with van der Waals surface area (Å²) < 4.78 is 0. The summed E-state index contributed by atoms with van der Waals surface area (Å²) in [5.41, 5.74) is 0.806. The summed E-state index contributed by atoms with van der Waals surface area (Å²) in [6, 6.07) is 9.73. The Balaban J connectivity index is 0.00000121. The first-order chi connectivity index (χ1) is 5.29. The maximum atomic E-state index is 9.88. The number of nitro groups is 1. The van der Waals surface area contributed by atoms with Crippen LogP contribution in [0.3, 0.4) is 0 Å². The van der Waals surface area contributed by atoms with E-state index in [0.29, 0.717) is 0 Å². The minimum atomic E-state index is -0.489. The smallest absolute Gasteiger partial charge is 0.232 e. The first kappa shape index (κ1) is 11.5. The molecule has 0 atom stereocenters. The molecule has 0 spiro atoms. The molecule has 4 heteroatoms. The van der Waals surface area contributed by atoms with Crippen molar-refractivity contribution in [3.63, 3.8) is 0 Å². The average molecular weight is 237 g/mol. The Kier molecular flexibility index (Phi) is 5.76. The Hall–Kier alpha value is -0.536.